The Kier molecular flexibility index (Phi) is 3.39. The molecule has 0 aliphatic rings. The number of fused-ring (bicyclic) bond motifs is 1. The minimum absolute atomic E-state index is 0.304. The molecule has 0 saturated carbocycles. The van der Waals surface area contributed by atoms with Gasteiger partial charge in [-0.3, -0.25) is 4.98 Å². The van der Waals surface area contributed by atoms with Crippen molar-refractivity contribution in [1.82, 2.24) is 9.97 Å². The van der Waals surface area contributed by atoms with Crippen LogP contribution < -0.4 is 10.5 Å². The zero-order valence-corrected chi connectivity index (χ0v) is 11.5. The number of hydrogen-bond donors (Lipinski definition) is 1. The van der Waals surface area contributed by atoms with Crippen molar-refractivity contribution in [3.05, 3.63) is 60.2 Å². The third-order valence-electron chi connectivity index (χ3n) is 3.24. The third-order valence-corrected chi connectivity index (χ3v) is 3.24. The van der Waals surface area contributed by atoms with E-state index in [9.17, 15) is 4.39 Å². The maximum absolute atomic E-state index is 13.8. The topological polar surface area (TPSA) is 61.0 Å². The summed E-state index contributed by atoms with van der Waals surface area (Å²) >= 11 is 0. The Balaban J connectivity index is 2.02. The van der Waals surface area contributed by atoms with Gasteiger partial charge in [-0.05, 0) is 37.3 Å². The fourth-order valence-electron chi connectivity index (χ4n) is 2.25. The lowest BCUT2D eigenvalue weighted by Crippen LogP contribution is -2.07. The molecule has 3 rings (SSSR count). The number of pyridine rings is 2. The number of nitrogens with two attached hydrogens (primary N) is 1. The SMILES string of the molecule is C[C@@H](Oc1cccnc1N)c1cc(F)cc2cccnc12. The van der Waals surface area contributed by atoms with Crippen molar-refractivity contribution in [1.29, 1.82) is 0 Å². The molecule has 0 aliphatic carbocycles. The number of ether oxygens (including phenoxy) is 1. The summed E-state index contributed by atoms with van der Waals surface area (Å²) in [4.78, 5) is 8.28. The number of rotatable bonds is 3. The molecule has 0 unspecified atom stereocenters. The first-order valence-electron chi connectivity index (χ1n) is 6.56. The van der Waals surface area contributed by atoms with Gasteiger partial charge >= 0.3 is 0 Å². The first kappa shape index (κ1) is 13.3. The van der Waals surface area contributed by atoms with Crippen molar-refractivity contribution < 1.29 is 9.13 Å². The van der Waals surface area contributed by atoms with Gasteiger partial charge in [0.05, 0.1) is 5.52 Å². The minimum atomic E-state index is -0.399. The normalized spacial score (nSPS) is 12.3. The number of hydrogen-bond acceptors (Lipinski definition) is 4. The number of nitrogens with zero attached hydrogens (tertiary/aromatic N) is 2. The second-order valence-electron chi connectivity index (χ2n) is 4.72. The van der Waals surface area contributed by atoms with Crippen LogP contribution in [-0.4, -0.2) is 9.97 Å². The highest BCUT2D eigenvalue weighted by Gasteiger charge is 2.15. The average Bonchev–Trinajstić information content (AvgIpc) is 2.48. The van der Waals surface area contributed by atoms with Crippen LogP contribution in [0.15, 0.2) is 48.8 Å². The Morgan fingerprint density at radius 1 is 1.14 bits per heavy atom. The first-order valence-corrected chi connectivity index (χ1v) is 6.56. The summed E-state index contributed by atoms with van der Waals surface area (Å²) in [6.45, 7) is 1.83. The summed E-state index contributed by atoms with van der Waals surface area (Å²) in [6, 6.07) is 9.95. The van der Waals surface area contributed by atoms with Crippen molar-refractivity contribution in [3.63, 3.8) is 0 Å². The van der Waals surface area contributed by atoms with Crippen LogP contribution >= 0.6 is 0 Å². The predicted molar refractivity (Wildman–Crippen MR) is 79.4 cm³/mol. The molecule has 106 valence electrons. The van der Waals surface area contributed by atoms with Crippen LogP contribution in [0.1, 0.15) is 18.6 Å². The Hall–Kier alpha value is -2.69. The fraction of sp³-hybridized carbons (Fsp3) is 0.125. The zero-order valence-electron chi connectivity index (χ0n) is 11.5. The maximum Gasteiger partial charge on any atom is 0.166 e. The third kappa shape index (κ3) is 2.63. The largest absolute Gasteiger partial charge is 0.482 e. The highest BCUT2D eigenvalue weighted by Crippen LogP contribution is 2.29. The standard InChI is InChI=1S/C16H14FN3O/c1-10(21-14-5-3-7-20-16(14)18)13-9-12(17)8-11-4-2-6-19-15(11)13/h2-10H,1H3,(H2,18,20)/t10-/m1/s1. The number of halogens is 1. The maximum atomic E-state index is 13.8. The van der Waals surface area contributed by atoms with Gasteiger partial charge in [0.15, 0.2) is 11.6 Å². The van der Waals surface area contributed by atoms with Gasteiger partial charge in [0, 0.05) is 23.3 Å². The monoisotopic (exact) mass is 283 g/mol. The van der Waals surface area contributed by atoms with Crippen LogP contribution in [0.25, 0.3) is 10.9 Å². The molecule has 0 fully saturated rings. The molecule has 0 bridgehead atoms. The Morgan fingerprint density at radius 2 is 1.90 bits per heavy atom. The summed E-state index contributed by atoms with van der Waals surface area (Å²) < 4.78 is 19.6. The van der Waals surface area contributed by atoms with Gasteiger partial charge in [-0.1, -0.05) is 6.07 Å². The van der Waals surface area contributed by atoms with Crippen LogP contribution in [0.2, 0.25) is 0 Å². The Morgan fingerprint density at radius 3 is 2.71 bits per heavy atom. The molecule has 5 heteroatoms. The van der Waals surface area contributed by atoms with Crippen molar-refractivity contribution >= 4 is 16.7 Å². The van der Waals surface area contributed by atoms with Gasteiger partial charge in [0.1, 0.15) is 11.9 Å². The first-order chi connectivity index (χ1) is 10.1. The number of nitrogen functional groups attached to an aromatic ring is 1. The number of aromatic nitrogens is 2. The van der Waals surface area contributed by atoms with E-state index in [1.807, 2.05) is 13.0 Å². The highest BCUT2D eigenvalue weighted by atomic mass is 19.1. The summed E-state index contributed by atoms with van der Waals surface area (Å²) in [6.07, 6.45) is 2.87. The van der Waals surface area contributed by atoms with E-state index >= 15 is 0 Å². The van der Waals surface area contributed by atoms with Crippen molar-refractivity contribution in [2.24, 2.45) is 0 Å². The van der Waals surface area contributed by atoms with E-state index in [-0.39, 0.29) is 5.82 Å². The van der Waals surface area contributed by atoms with Crippen molar-refractivity contribution in [2.75, 3.05) is 5.73 Å². The van der Waals surface area contributed by atoms with E-state index in [1.165, 1.54) is 12.1 Å². The summed E-state index contributed by atoms with van der Waals surface area (Å²) in [7, 11) is 0. The molecule has 0 saturated heterocycles. The number of benzene rings is 1. The van der Waals surface area contributed by atoms with E-state index in [0.717, 1.165) is 5.39 Å². The van der Waals surface area contributed by atoms with Crippen LogP contribution in [-0.2, 0) is 0 Å². The molecule has 0 spiro atoms. The second-order valence-corrected chi connectivity index (χ2v) is 4.72. The molecule has 21 heavy (non-hydrogen) atoms. The molecular weight excluding hydrogens is 269 g/mol. The summed E-state index contributed by atoms with van der Waals surface area (Å²) in [5, 5.41) is 0.738. The lowest BCUT2D eigenvalue weighted by Gasteiger charge is -2.17. The molecule has 0 radical (unpaired) electrons. The smallest absolute Gasteiger partial charge is 0.166 e. The fourth-order valence-corrected chi connectivity index (χ4v) is 2.25. The van der Waals surface area contributed by atoms with Gasteiger partial charge in [-0.15, -0.1) is 0 Å². The van der Waals surface area contributed by atoms with Crippen LogP contribution in [0.4, 0.5) is 10.2 Å². The van der Waals surface area contributed by atoms with Gasteiger partial charge in [-0.25, -0.2) is 9.37 Å². The lowest BCUT2D eigenvalue weighted by atomic mass is 10.1. The molecule has 0 amide bonds. The van der Waals surface area contributed by atoms with Gasteiger partial charge in [0.2, 0.25) is 0 Å². The average molecular weight is 283 g/mol. The molecule has 1 aromatic carbocycles. The molecule has 2 aromatic heterocycles. The molecule has 2 N–H and O–H groups in total. The van der Waals surface area contributed by atoms with Crippen molar-refractivity contribution in [2.45, 2.75) is 13.0 Å². The van der Waals surface area contributed by atoms with Crippen LogP contribution in [0.3, 0.4) is 0 Å². The zero-order chi connectivity index (χ0) is 14.8. The van der Waals surface area contributed by atoms with Crippen LogP contribution in [0.5, 0.6) is 5.75 Å². The summed E-state index contributed by atoms with van der Waals surface area (Å²) in [5.41, 5.74) is 7.16. The minimum Gasteiger partial charge on any atom is -0.482 e. The van der Waals surface area contributed by atoms with E-state index < -0.39 is 6.10 Å². The lowest BCUT2D eigenvalue weighted by molar-refractivity contribution is 0.228. The number of anilines is 1. The molecule has 3 aromatic rings. The Bertz CT molecular complexity index is 791. The van der Waals surface area contributed by atoms with E-state index in [2.05, 4.69) is 9.97 Å². The van der Waals surface area contributed by atoms with Crippen molar-refractivity contribution in [3.8, 4) is 5.75 Å². The summed E-state index contributed by atoms with van der Waals surface area (Å²) in [5.74, 6) is 0.455. The molecule has 0 aliphatic heterocycles. The Labute approximate surface area is 121 Å². The molecule has 4 nitrogen and oxygen atoms in total. The molecular formula is C16H14FN3O. The molecule has 1 atom stereocenters. The van der Waals surface area contributed by atoms with E-state index in [4.69, 9.17) is 10.5 Å². The second kappa shape index (κ2) is 5.36. The van der Waals surface area contributed by atoms with Gasteiger partial charge < -0.3 is 10.5 Å². The van der Waals surface area contributed by atoms with E-state index in [0.29, 0.717) is 22.6 Å². The quantitative estimate of drug-likeness (QED) is 0.799. The predicted octanol–water partition coefficient (Wildman–Crippen LogP) is 3.49. The van der Waals surface area contributed by atoms with Gasteiger partial charge in [0.25, 0.3) is 0 Å². The van der Waals surface area contributed by atoms with E-state index in [1.54, 1.807) is 30.6 Å². The van der Waals surface area contributed by atoms with Gasteiger partial charge in [-0.2, -0.15) is 0 Å². The van der Waals surface area contributed by atoms with Crippen LogP contribution in [0, 0.1) is 5.82 Å². The molecule has 2 heterocycles. The highest BCUT2D eigenvalue weighted by molar-refractivity contribution is 5.82.